The maximum Gasteiger partial charge on any atom is 0.391 e. The van der Waals surface area contributed by atoms with E-state index in [9.17, 15) is 31.1 Å². The molecule has 0 bridgehead atoms. The number of alkyl halides is 6. The summed E-state index contributed by atoms with van der Waals surface area (Å²) in [6.07, 6.45) is -9.66. The molecule has 1 aromatic carbocycles. The highest BCUT2D eigenvalue weighted by molar-refractivity contribution is 5.79. The molecule has 0 aliphatic heterocycles. The first-order valence-electron chi connectivity index (χ1n) is 12.9. The monoisotopic (exact) mass is 520 g/mol. The van der Waals surface area contributed by atoms with E-state index in [1.54, 1.807) is 0 Å². The van der Waals surface area contributed by atoms with Gasteiger partial charge in [-0.05, 0) is 69.3 Å². The first-order valence-corrected chi connectivity index (χ1v) is 12.9. The number of carbonyl (C=O) groups excluding carboxylic acids is 1. The zero-order valence-electron chi connectivity index (χ0n) is 21.3. The Morgan fingerprint density at radius 2 is 1.44 bits per heavy atom. The van der Waals surface area contributed by atoms with Gasteiger partial charge in [0.1, 0.15) is 0 Å². The zero-order valence-corrected chi connectivity index (χ0v) is 21.3. The molecular formula is C27H38F6N2O. The van der Waals surface area contributed by atoms with Crippen LogP contribution in [0.1, 0.15) is 70.0 Å². The zero-order chi connectivity index (χ0) is 26.8. The number of hydrogen-bond donors (Lipinski definition) is 2. The minimum atomic E-state index is -4.67. The number of nitrogens with one attached hydrogen (secondary N) is 2. The van der Waals surface area contributed by atoms with E-state index in [1.165, 1.54) is 5.56 Å². The van der Waals surface area contributed by atoms with Gasteiger partial charge in [-0.1, -0.05) is 43.7 Å². The summed E-state index contributed by atoms with van der Waals surface area (Å²) in [4.78, 5) is 13.1. The number of aryl methyl sites for hydroxylation is 1. The number of carbonyl (C=O) groups is 1. The van der Waals surface area contributed by atoms with Gasteiger partial charge in [0.05, 0.1) is 11.8 Å². The van der Waals surface area contributed by atoms with Gasteiger partial charge >= 0.3 is 12.4 Å². The third-order valence-electron chi connectivity index (χ3n) is 8.16. The highest BCUT2D eigenvalue weighted by atomic mass is 19.4. The molecule has 0 heterocycles. The lowest BCUT2D eigenvalue weighted by Crippen LogP contribution is -2.43. The van der Waals surface area contributed by atoms with Crippen LogP contribution >= 0.6 is 0 Å². The molecule has 0 radical (unpaired) electrons. The van der Waals surface area contributed by atoms with Crippen LogP contribution in [0.15, 0.2) is 24.3 Å². The third-order valence-corrected chi connectivity index (χ3v) is 8.16. The van der Waals surface area contributed by atoms with E-state index in [0.29, 0.717) is 6.42 Å². The summed E-state index contributed by atoms with van der Waals surface area (Å²) in [5.74, 6) is -5.12. The molecule has 2 N–H and O–H groups in total. The fourth-order valence-electron chi connectivity index (χ4n) is 6.06. The van der Waals surface area contributed by atoms with Crippen molar-refractivity contribution in [2.75, 3.05) is 6.54 Å². The van der Waals surface area contributed by atoms with Crippen molar-refractivity contribution in [3.63, 3.8) is 0 Å². The van der Waals surface area contributed by atoms with Gasteiger partial charge in [0.2, 0.25) is 5.91 Å². The van der Waals surface area contributed by atoms with Crippen LogP contribution in [0.2, 0.25) is 0 Å². The van der Waals surface area contributed by atoms with Crippen molar-refractivity contribution in [2.45, 2.75) is 84.2 Å². The van der Waals surface area contributed by atoms with Crippen molar-refractivity contribution in [1.82, 2.24) is 10.6 Å². The van der Waals surface area contributed by atoms with Crippen LogP contribution in [0.4, 0.5) is 26.3 Å². The number of hydrogen-bond acceptors (Lipinski definition) is 2. The van der Waals surface area contributed by atoms with Crippen molar-refractivity contribution in [1.29, 1.82) is 0 Å². The molecule has 36 heavy (non-hydrogen) atoms. The molecule has 0 aromatic heterocycles. The van der Waals surface area contributed by atoms with Crippen molar-refractivity contribution < 1.29 is 31.1 Å². The average Bonchev–Trinajstić information content (AvgIpc) is 3.20. The molecule has 1 amide bonds. The second-order valence-electron chi connectivity index (χ2n) is 11.3. The molecule has 2 saturated carbocycles. The summed E-state index contributed by atoms with van der Waals surface area (Å²) in [5, 5.41) is 6.34. The van der Waals surface area contributed by atoms with E-state index < -0.39 is 36.5 Å². The lowest BCUT2D eigenvalue weighted by atomic mass is 9.74. The number of amides is 1. The Morgan fingerprint density at radius 3 is 1.94 bits per heavy atom. The van der Waals surface area contributed by atoms with Gasteiger partial charge in [-0.3, -0.25) is 4.79 Å². The van der Waals surface area contributed by atoms with Crippen LogP contribution in [0.3, 0.4) is 0 Å². The van der Waals surface area contributed by atoms with Crippen molar-refractivity contribution >= 4 is 5.91 Å². The average molecular weight is 521 g/mol. The van der Waals surface area contributed by atoms with E-state index in [1.807, 2.05) is 32.9 Å². The Bertz CT molecular complexity index is 845. The first kappa shape index (κ1) is 28.8. The van der Waals surface area contributed by atoms with Crippen molar-refractivity contribution in [3.05, 3.63) is 35.4 Å². The lowest BCUT2D eigenvalue weighted by molar-refractivity contribution is -0.228. The maximum absolute atomic E-state index is 13.3. The van der Waals surface area contributed by atoms with Gasteiger partial charge in [-0.2, -0.15) is 26.3 Å². The minimum Gasteiger partial charge on any atom is -0.356 e. The smallest absolute Gasteiger partial charge is 0.356 e. The van der Waals surface area contributed by atoms with Gasteiger partial charge in [0.15, 0.2) is 0 Å². The quantitative estimate of drug-likeness (QED) is 0.381. The molecule has 4 unspecified atom stereocenters. The molecule has 204 valence electrons. The Morgan fingerprint density at radius 1 is 0.889 bits per heavy atom. The largest absolute Gasteiger partial charge is 0.391 e. The van der Waals surface area contributed by atoms with Crippen molar-refractivity contribution in [2.24, 2.45) is 35.5 Å². The molecular weight excluding hydrogens is 482 g/mol. The van der Waals surface area contributed by atoms with Crippen molar-refractivity contribution in [3.8, 4) is 0 Å². The Hall–Kier alpha value is -1.77. The standard InChI is InChI=1S/C27H38F6N2O/c1-15(2)23-12-22(35-17(4)19-7-5-16(3)6-8-19)13-24(23)25(36)34-14-18-9-20(26(28,29)30)11-21(10-18)27(31,32)33/h5-8,15,17-18,20-24,35H,9-14H2,1-4H3,(H,34,36)/t17?,18?,20?,21?,22-,23?,24-/m1/s1. The Labute approximate surface area is 209 Å². The van der Waals surface area contributed by atoms with Crippen LogP contribution < -0.4 is 10.6 Å². The molecule has 3 nitrogen and oxygen atoms in total. The molecule has 0 spiro atoms. The normalized spacial score (nSPS) is 30.4. The third kappa shape index (κ3) is 7.39. The van der Waals surface area contributed by atoms with Gasteiger partial charge in [0.25, 0.3) is 0 Å². The SMILES string of the molecule is Cc1ccc(C(C)N[C@@H]2CC(C(C)C)[C@H](C(=O)NCC3CC(C(F)(F)F)CC(C(F)(F)F)C3)C2)cc1. The van der Waals surface area contributed by atoms with E-state index in [-0.39, 0.29) is 55.1 Å². The van der Waals surface area contributed by atoms with Gasteiger partial charge < -0.3 is 10.6 Å². The molecule has 2 fully saturated rings. The molecule has 0 saturated heterocycles. The van der Waals surface area contributed by atoms with E-state index in [2.05, 4.69) is 29.7 Å². The molecule has 6 atom stereocenters. The molecule has 2 aliphatic rings. The molecule has 9 heteroatoms. The summed E-state index contributed by atoms with van der Waals surface area (Å²) in [5.41, 5.74) is 2.31. The second-order valence-corrected chi connectivity index (χ2v) is 11.3. The summed E-state index contributed by atoms with van der Waals surface area (Å²) in [7, 11) is 0. The topological polar surface area (TPSA) is 41.1 Å². The predicted octanol–water partition coefficient (Wildman–Crippen LogP) is 6.97. The minimum absolute atomic E-state index is 0.0879. The lowest BCUT2D eigenvalue weighted by Gasteiger charge is -2.37. The summed E-state index contributed by atoms with van der Waals surface area (Å²) >= 11 is 0. The van der Waals surface area contributed by atoms with Gasteiger partial charge in [0, 0.05) is 24.5 Å². The van der Waals surface area contributed by atoms with Crippen LogP contribution in [-0.4, -0.2) is 30.8 Å². The summed E-state index contributed by atoms with van der Waals surface area (Å²) in [6.45, 7) is 8.02. The number of halogens is 6. The number of rotatable bonds is 7. The molecule has 1 aromatic rings. The molecule has 3 rings (SSSR count). The number of benzene rings is 1. The Kier molecular flexibility index (Phi) is 9.05. The van der Waals surface area contributed by atoms with Crippen LogP contribution in [0.5, 0.6) is 0 Å². The van der Waals surface area contributed by atoms with E-state index in [0.717, 1.165) is 12.0 Å². The van der Waals surface area contributed by atoms with E-state index >= 15 is 0 Å². The predicted molar refractivity (Wildman–Crippen MR) is 127 cm³/mol. The highest BCUT2D eigenvalue weighted by Crippen LogP contribution is 2.47. The summed E-state index contributed by atoms with van der Waals surface area (Å²) in [6, 6.07) is 8.42. The Balaban J connectivity index is 1.61. The van der Waals surface area contributed by atoms with Gasteiger partial charge in [-0.15, -0.1) is 0 Å². The maximum atomic E-state index is 13.3. The fourth-order valence-corrected chi connectivity index (χ4v) is 6.06. The summed E-state index contributed by atoms with van der Waals surface area (Å²) < 4.78 is 79.7. The van der Waals surface area contributed by atoms with Crippen LogP contribution in [-0.2, 0) is 4.79 Å². The second kappa shape index (κ2) is 11.3. The molecule has 2 aliphatic carbocycles. The first-order chi connectivity index (χ1) is 16.6. The van der Waals surface area contributed by atoms with Crippen LogP contribution in [0, 0.1) is 42.4 Å². The fraction of sp³-hybridized carbons (Fsp3) is 0.741. The van der Waals surface area contributed by atoms with Gasteiger partial charge in [-0.25, -0.2) is 0 Å². The highest BCUT2D eigenvalue weighted by Gasteiger charge is 2.52. The van der Waals surface area contributed by atoms with Crippen LogP contribution in [0.25, 0.3) is 0 Å². The van der Waals surface area contributed by atoms with E-state index in [4.69, 9.17) is 0 Å².